The van der Waals surface area contributed by atoms with Crippen LogP contribution in [0.4, 0.5) is 14.0 Å². The number of ether oxygens (including phenoxy) is 2. The van der Waals surface area contributed by atoms with Gasteiger partial charge in [-0.25, -0.2) is 23.8 Å². The number of rotatable bonds is 12. The Morgan fingerprint density at radius 1 is 0.673 bits per heavy atom. The predicted octanol–water partition coefficient (Wildman–Crippen LogP) is 6.72. The molecule has 3 atom stereocenters. The first-order valence-corrected chi connectivity index (χ1v) is 16.4. The summed E-state index contributed by atoms with van der Waals surface area (Å²) in [6.45, 7) is 0.139. The molecule has 9 heteroatoms. The van der Waals surface area contributed by atoms with Crippen LogP contribution < -0.4 is 0 Å². The number of carbonyl (C=O) groups excluding carboxylic acids is 4. The smallest absolute Gasteiger partial charge is 0.417 e. The van der Waals surface area contributed by atoms with Crippen molar-refractivity contribution in [2.24, 2.45) is 5.92 Å². The largest absolute Gasteiger partial charge is 0.447 e. The molecule has 0 N–H and O–H groups in total. The number of imide groups is 2. The second-order valence-corrected chi connectivity index (χ2v) is 12.4. The lowest BCUT2D eigenvalue weighted by atomic mass is 9.91. The van der Waals surface area contributed by atoms with Crippen LogP contribution in [0.5, 0.6) is 0 Å². The molecule has 2 aliphatic rings. The first-order valence-electron chi connectivity index (χ1n) is 16.4. The van der Waals surface area contributed by atoms with Crippen LogP contribution in [-0.4, -0.2) is 59.1 Å². The van der Waals surface area contributed by atoms with E-state index in [-0.39, 0.29) is 31.6 Å². The van der Waals surface area contributed by atoms with Gasteiger partial charge in [0.2, 0.25) is 5.91 Å². The first-order chi connectivity index (χ1) is 23.9. The molecule has 0 radical (unpaired) electrons. The minimum absolute atomic E-state index is 0.0539. The highest BCUT2D eigenvalue weighted by Crippen LogP contribution is 2.27. The van der Waals surface area contributed by atoms with Gasteiger partial charge >= 0.3 is 12.2 Å². The van der Waals surface area contributed by atoms with Crippen molar-refractivity contribution in [1.82, 2.24) is 9.80 Å². The van der Waals surface area contributed by atoms with E-state index in [0.29, 0.717) is 24.8 Å². The zero-order chi connectivity index (χ0) is 34.2. The third kappa shape index (κ3) is 8.30. The van der Waals surface area contributed by atoms with Gasteiger partial charge in [-0.05, 0) is 60.1 Å². The van der Waals surface area contributed by atoms with Gasteiger partial charge in [-0.3, -0.25) is 9.59 Å². The maximum absolute atomic E-state index is 14.3. The van der Waals surface area contributed by atoms with Gasteiger partial charge in [0, 0.05) is 17.9 Å². The Hall–Kier alpha value is -5.57. The second kappa shape index (κ2) is 15.6. The number of nitrogens with zero attached hydrogens (tertiary/aromatic N) is 2. The molecule has 2 heterocycles. The van der Waals surface area contributed by atoms with E-state index in [2.05, 4.69) is 0 Å². The molecule has 0 saturated carbocycles. The van der Waals surface area contributed by atoms with Crippen molar-refractivity contribution in [1.29, 1.82) is 0 Å². The summed E-state index contributed by atoms with van der Waals surface area (Å²) < 4.78 is 24.5. The van der Waals surface area contributed by atoms with Gasteiger partial charge in [-0.15, -0.1) is 0 Å². The Balaban J connectivity index is 1.31. The lowest BCUT2D eigenvalue weighted by molar-refractivity contribution is -0.133. The van der Waals surface area contributed by atoms with Crippen molar-refractivity contribution in [2.75, 3.05) is 13.2 Å². The Morgan fingerprint density at radius 2 is 1.16 bits per heavy atom. The average molecular weight is 661 g/mol. The number of hydrogen-bond donors (Lipinski definition) is 0. The van der Waals surface area contributed by atoms with Gasteiger partial charge in [-0.2, -0.15) is 0 Å². The molecule has 0 bridgehead atoms. The fourth-order valence-electron chi connectivity index (χ4n) is 6.38. The Morgan fingerprint density at radius 3 is 1.71 bits per heavy atom. The van der Waals surface area contributed by atoms with E-state index in [1.54, 1.807) is 18.2 Å². The number of benzene rings is 4. The molecule has 4 aromatic rings. The SMILES string of the molecule is O=C1OC[C@H](Cc2ccccc2)N1C(=O)C(=CC[C@H](Cc1ccccc1)C(=O)N1C(=O)OC[C@@H]1Cc1ccccc1)Cc1ccc(F)cc1. The van der Waals surface area contributed by atoms with Crippen molar-refractivity contribution in [3.05, 3.63) is 155 Å². The summed E-state index contributed by atoms with van der Waals surface area (Å²) in [7, 11) is 0. The molecule has 0 aromatic heterocycles. The molecule has 2 aliphatic heterocycles. The highest BCUT2D eigenvalue weighted by Gasteiger charge is 2.42. The lowest BCUT2D eigenvalue weighted by Crippen LogP contribution is -2.44. The topological polar surface area (TPSA) is 93.2 Å². The summed E-state index contributed by atoms with van der Waals surface area (Å²) in [5.41, 5.74) is 3.73. The normalized spacial score (nSPS) is 18.3. The van der Waals surface area contributed by atoms with Crippen LogP contribution in [0.2, 0.25) is 0 Å². The van der Waals surface area contributed by atoms with Crippen molar-refractivity contribution < 1.29 is 33.0 Å². The van der Waals surface area contributed by atoms with Crippen molar-refractivity contribution in [3.8, 4) is 0 Å². The van der Waals surface area contributed by atoms with Crippen LogP contribution in [0.1, 0.15) is 28.7 Å². The van der Waals surface area contributed by atoms with E-state index in [4.69, 9.17) is 9.47 Å². The molecule has 0 unspecified atom stereocenters. The summed E-state index contributed by atoms with van der Waals surface area (Å²) in [5, 5.41) is 0. The van der Waals surface area contributed by atoms with E-state index in [9.17, 15) is 23.6 Å². The molecule has 4 amide bonds. The highest BCUT2D eigenvalue weighted by atomic mass is 19.1. The third-order valence-electron chi connectivity index (χ3n) is 8.91. The number of cyclic esters (lactones) is 2. The van der Waals surface area contributed by atoms with Crippen LogP contribution in [0.15, 0.2) is 127 Å². The predicted molar refractivity (Wildman–Crippen MR) is 181 cm³/mol. The molecular formula is C40H37FN2O6. The van der Waals surface area contributed by atoms with Gasteiger partial charge in [0.1, 0.15) is 19.0 Å². The fraction of sp³-hybridized carbons (Fsp3) is 0.250. The van der Waals surface area contributed by atoms with Crippen molar-refractivity contribution in [2.45, 2.75) is 44.2 Å². The number of allylic oxidation sites excluding steroid dienone is 1. The van der Waals surface area contributed by atoms with E-state index < -0.39 is 47.8 Å². The average Bonchev–Trinajstić information content (AvgIpc) is 3.67. The summed E-state index contributed by atoms with van der Waals surface area (Å²) in [6.07, 6.45) is 1.60. The minimum Gasteiger partial charge on any atom is -0.447 e. The van der Waals surface area contributed by atoms with Crippen LogP contribution >= 0.6 is 0 Å². The minimum atomic E-state index is -0.739. The number of hydrogen-bond acceptors (Lipinski definition) is 6. The quantitative estimate of drug-likeness (QED) is 0.157. The van der Waals surface area contributed by atoms with E-state index in [1.165, 1.54) is 17.0 Å². The second-order valence-electron chi connectivity index (χ2n) is 12.4. The summed E-state index contributed by atoms with van der Waals surface area (Å²) in [6, 6.07) is 33.4. The van der Waals surface area contributed by atoms with Crippen LogP contribution in [-0.2, 0) is 44.7 Å². The molecule has 8 nitrogen and oxygen atoms in total. The highest BCUT2D eigenvalue weighted by molar-refractivity contribution is 6.04. The maximum atomic E-state index is 14.3. The van der Waals surface area contributed by atoms with E-state index in [1.807, 2.05) is 91.0 Å². The maximum Gasteiger partial charge on any atom is 0.417 e. The van der Waals surface area contributed by atoms with E-state index >= 15 is 0 Å². The van der Waals surface area contributed by atoms with Gasteiger partial charge < -0.3 is 9.47 Å². The Labute approximate surface area is 284 Å². The van der Waals surface area contributed by atoms with Crippen molar-refractivity contribution >= 4 is 24.0 Å². The molecule has 0 aliphatic carbocycles. The fourth-order valence-corrected chi connectivity index (χ4v) is 6.38. The number of amides is 4. The molecule has 4 aromatic carbocycles. The van der Waals surface area contributed by atoms with Gasteiger partial charge in [0.05, 0.1) is 12.1 Å². The van der Waals surface area contributed by atoms with E-state index in [0.717, 1.165) is 21.6 Å². The monoisotopic (exact) mass is 660 g/mol. The molecule has 49 heavy (non-hydrogen) atoms. The van der Waals surface area contributed by atoms with Crippen LogP contribution in [0, 0.1) is 11.7 Å². The Bertz CT molecular complexity index is 1800. The van der Waals surface area contributed by atoms with Gasteiger partial charge in [-0.1, -0.05) is 109 Å². The summed E-state index contributed by atoms with van der Waals surface area (Å²) >= 11 is 0. The van der Waals surface area contributed by atoms with Crippen LogP contribution in [0.25, 0.3) is 0 Å². The zero-order valence-corrected chi connectivity index (χ0v) is 27.0. The Kier molecular flexibility index (Phi) is 10.6. The molecule has 6 rings (SSSR count). The summed E-state index contributed by atoms with van der Waals surface area (Å²) in [5.74, 6) is -2.09. The molecule has 250 valence electrons. The molecule has 0 spiro atoms. The van der Waals surface area contributed by atoms with Crippen molar-refractivity contribution in [3.63, 3.8) is 0 Å². The van der Waals surface area contributed by atoms with Gasteiger partial charge in [0.25, 0.3) is 5.91 Å². The van der Waals surface area contributed by atoms with Crippen LogP contribution in [0.3, 0.4) is 0 Å². The van der Waals surface area contributed by atoms with Gasteiger partial charge in [0.15, 0.2) is 0 Å². The number of halogens is 1. The summed E-state index contributed by atoms with van der Waals surface area (Å²) in [4.78, 5) is 56.9. The first kappa shape index (κ1) is 33.3. The molecule has 2 fully saturated rings. The zero-order valence-electron chi connectivity index (χ0n) is 27.0. The molecular weight excluding hydrogens is 623 g/mol. The standard InChI is InChI=1S/C40H37FN2O6/c41-34-20-16-31(17-21-34)23-33(38(45)43-36(27-49-40(43)47)25-30-14-8-3-9-15-30)19-18-32(22-28-10-4-1-5-11-28)37(44)42-35(26-48-39(42)46)24-29-12-6-2-7-13-29/h1-17,19-21,32,35-36H,18,22-27H2/t32-,35+,36+/m1/s1. The number of carbonyl (C=O) groups is 4. The molecule has 2 saturated heterocycles. The third-order valence-corrected chi connectivity index (χ3v) is 8.91. The lowest BCUT2D eigenvalue weighted by Gasteiger charge is -2.25.